The summed E-state index contributed by atoms with van der Waals surface area (Å²) in [5, 5.41) is 0. The van der Waals surface area contributed by atoms with E-state index in [-0.39, 0.29) is 5.91 Å². The minimum absolute atomic E-state index is 0.00116. The Balaban J connectivity index is 2.71. The summed E-state index contributed by atoms with van der Waals surface area (Å²) in [4.78, 5) is 14.1. The van der Waals surface area contributed by atoms with E-state index in [0.29, 0.717) is 23.5 Å². The Kier molecular flexibility index (Phi) is 5.14. The summed E-state index contributed by atoms with van der Waals surface area (Å²) in [5.41, 5.74) is 6.12. The second-order valence-electron chi connectivity index (χ2n) is 3.42. The van der Waals surface area contributed by atoms with E-state index < -0.39 is 0 Å². The number of hydrogen-bond acceptors (Lipinski definition) is 2. The summed E-state index contributed by atoms with van der Waals surface area (Å²) in [6.07, 6.45) is 0.557. The number of nitrogens with zero attached hydrogens (tertiary/aromatic N) is 1. The second-order valence-corrected chi connectivity index (χ2v) is 5.11. The van der Waals surface area contributed by atoms with Gasteiger partial charge in [0.2, 0.25) is 0 Å². The zero-order valence-electron chi connectivity index (χ0n) is 8.94. The van der Waals surface area contributed by atoms with E-state index in [1.165, 1.54) is 0 Å². The van der Waals surface area contributed by atoms with Crippen molar-refractivity contribution < 1.29 is 4.79 Å². The van der Waals surface area contributed by atoms with Gasteiger partial charge in [0, 0.05) is 23.6 Å². The molecule has 0 unspecified atom stereocenters. The Morgan fingerprint density at radius 2 is 2.12 bits per heavy atom. The Hall–Kier alpha value is -0.690. The number of rotatable bonds is 4. The molecule has 0 saturated heterocycles. The standard InChI is InChI=1S/C11H13IN2OS/c1-14(7-6-10(13)16)11(15)8-4-2-3-5-9(8)12/h2-5H,6-7H2,1H3,(H2,13,16). The lowest BCUT2D eigenvalue weighted by Crippen LogP contribution is -2.30. The van der Waals surface area contributed by atoms with Gasteiger partial charge in [0.15, 0.2) is 0 Å². The molecule has 0 aliphatic rings. The highest BCUT2D eigenvalue weighted by atomic mass is 127. The molecule has 1 rings (SSSR count). The fourth-order valence-corrected chi connectivity index (χ4v) is 1.93. The van der Waals surface area contributed by atoms with Gasteiger partial charge in [-0.15, -0.1) is 0 Å². The lowest BCUT2D eigenvalue weighted by Gasteiger charge is -2.17. The highest BCUT2D eigenvalue weighted by Crippen LogP contribution is 2.13. The van der Waals surface area contributed by atoms with Crippen molar-refractivity contribution >= 4 is 45.7 Å². The first-order valence-electron chi connectivity index (χ1n) is 4.80. The van der Waals surface area contributed by atoms with Crippen molar-refractivity contribution in [3.63, 3.8) is 0 Å². The fraction of sp³-hybridized carbons (Fsp3) is 0.273. The number of carbonyl (C=O) groups is 1. The van der Waals surface area contributed by atoms with Crippen LogP contribution in [0.2, 0.25) is 0 Å². The predicted octanol–water partition coefficient (Wildman–Crippen LogP) is 2.04. The topological polar surface area (TPSA) is 46.3 Å². The Morgan fingerprint density at radius 3 is 2.69 bits per heavy atom. The van der Waals surface area contributed by atoms with Crippen LogP contribution < -0.4 is 5.73 Å². The zero-order chi connectivity index (χ0) is 12.1. The summed E-state index contributed by atoms with van der Waals surface area (Å²) in [6.45, 7) is 0.555. The molecule has 0 bridgehead atoms. The third-order valence-corrected chi connectivity index (χ3v) is 3.29. The molecule has 16 heavy (non-hydrogen) atoms. The molecule has 0 fully saturated rings. The average Bonchev–Trinajstić information content (AvgIpc) is 2.25. The Labute approximate surface area is 114 Å². The van der Waals surface area contributed by atoms with Crippen LogP contribution in [-0.2, 0) is 0 Å². The normalized spacial score (nSPS) is 9.88. The van der Waals surface area contributed by atoms with E-state index in [1.54, 1.807) is 11.9 Å². The molecular formula is C11H13IN2OS. The Morgan fingerprint density at radius 1 is 1.50 bits per heavy atom. The Bertz CT molecular complexity index is 409. The number of carbonyl (C=O) groups excluding carboxylic acids is 1. The van der Waals surface area contributed by atoms with Crippen LogP contribution in [0.15, 0.2) is 24.3 Å². The first-order valence-corrected chi connectivity index (χ1v) is 6.29. The van der Waals surface area contributed by atoms with Crippen molar-refractivity contribution in [3.8, 4) is 0 Å². The molecule has 1 amide bonds. The van der Waals surface area contributed by atoms with Crippen LogP contribution in [0.1, 0.15) is 16.8 Å². The second kappa shape index (κ2) is 6.15. The molecule has 1 aromatic rings. The van der Waals surface area contributed by atoms with E-state index in [1.807, 2.05) is 24.3 Å². The molecule has 0 aliphatic carbocycles. The summed E-state index contributed by atoms with van der Waals surface area (Å²) in [6, 6.07) is 7.50. The predicted molar refractivity (Wildman–Crippen MR) is 77.5 cm³/mol. The van der Waals surface area contributed by atoms with Crippen molar-refractivity contribution in [2.24, 2.45) is 5.73 Å². The molecule has 0 saturated carbocycles. The maximum absolute atomic E-state index is 12.0. The summed E-state index contributed by atoms with van der Waals surface area (Å²) in [7, 11) is 1.75. The third-order valence-electron chi connectivity index (χ3n) is 2.14. The highest BCUT2D eigenvalue weighted by molar-refractivity contribution is 14.1. The first-order chi connectivity index (χ1) is 7.52. The molecule has 3 nitrogen and oxygen atoms in total. The molecule has 0 aromatic heterocycles. The lowest BCUT2D eigenvalue weighted by molar-refractivity contribution is 0.0798. The number of thiocarbonyl (C=S) groups is 1. The van der Waals surface area contributed by atoms with Crippen molar-refractivity contribution in [1.82, 2.24) is 4.90 Å². The van der Waals surface area contributed by atoms with E-state index in [4.69, 9.17) is 18.0 Å². The van der Waals surface area contributed by atoms with Crippen molar-refractivity contribution in [1.29, 1.82) is 0 Å². The van der Waals surface area contributed by atoms with Crippen molar-refractivity contribution in [2.75, 3.05) is 13.6 Å². The molecule has 2 N–H and O–H groups in total. The SMILES string of the molecule is CN(CCC(N)=S)C(=O)c1ccccc1I. The quantitative estimate of drug-likeness (QED) is 0.669. The number of hydrogen-bond donors (Lipinski definition) is 1. The van der Waals surface area contributed by atoms with Gasteiger partial charge in [0.25, 0.3) is 5.91 Å². The molecule has 0 aliphatic heterocycles. The van der Waals surface area contributed by atoms with E-state index >= 15 is 0 Å². The van der Waals surface area contributed by atoms with Crippen LogP contribution in [0.4, 0.5) is 0 Å². The van der Waals surface area contributed by atoms with Crippen LogP contribution in [0.3, 0.4) is 0 Å². The number of nitrogens with two attached hydrogens (primary N) is 1. The summed E-state index contributed by atoms with van der Waals surface area (Å²) >= 11 is 6.93. The molecule has 0 radical (unpaired) electrons. The van der Waals surface area contributed by atoms with E-state index in [2.05, 4.69) is 22.6 Å². The van der Waals surface area contributed by atoms with E-state index in [9.17, 15) is 4.79 Å². The summed E-state index contributed by atoms with van der Waals surface area (Å²) < 4.78 is 0.951. The monoisotopic (exact) mass is 348 g/mol. The van der Waals surface area contributed by atoms with Crippen LogP contribution in [0.5, 0.6) is 0 Å². The van der Waals surface area contributed by atoms with Crippen molar-refractivity contribution in [3.05, 3.63) is 33.4 Å². The zero-order valence-corrected chi connectivity index (χ0v) is 11.9. The molecule has 1 aromatic carbocycles. The molecule has 0 heterocycles. The van der Waals surface area contributed by atoms with Gasteiger partial charge in [-0.2, -0.15) is 0 Å². The van der Waals surface area contributed by atoms with Gasteiger partial charge in [0.05, 0.1) is 10.6 Å². The minimum atomic E-state index is 0.00116. The van der Waals surface area contributed by atoms with Crippen LogP contribution in [-0.4, -0.2) is 29.4 Å². The molecule has 0 spiro atoms. The average molecular weight is 348 g/mol. The van der Waals surface area contributed by atoms with Crippen LogP contribution >= 0.6 is 34.8 Å². The van der Waals surface area contributed by atoms with Gasteiger partial charge < -0.3 is 10.6 Å². The van der Waals surface area contributed by atoms with Crippen LogP contribution in [0.25, 0.3) is 0 Å². The summed E-state index contributed by atoms with van der Waals surface area (Å²) in [5.74, 6) is 0.00116. The largest absolute Gasteiger partial charge is 0.393 e. The fourth-order valence-electron chi connectivity index (χ4n) is 1.22. The maximum atomic E-state index is 12.0. The van der Waals surface area contributed by atoms with Gasteiger partial charge in [0.1, 0.15) is 0 Å². The van der Waals surface area contributed by atoms with Gasteiger partial charge in [-0.1, -0.05) is 24.4 Å². The first kappa shape index (κ1) is 13.4. The third kappa shape index (κ3) is 3.71. The molecular weight excluding hydrogens is 335 g/mol. The molecule has 0 atom stereocenters. The van der Waals surface area contributed by atoms with E-state index in [0.717, 1.165) is 3.57 Å². The molecule has 5 heteroatoms. The van der Waals surface area contributed by atoms with Crippen LogP contribution in [0, 0.1) is 3.57 Å². The van der Waals surface area contributed by atoms with Gasteiger partial charge in [-0.25, -0.2) is 0 Å². The van der Waals surface area contributed by atoms with Crippen molar-refractivity contribution in [2.45, 2.75) is 6.42 Å². The number of amides is 1. The smallest absolute Gasteiger partial charge is 0.254 e. The number of halogens is 1. The maximum Gasteiger partial charge on any atom is 0.254 e. The van der Waals surface area contributed by atoms with Gasteiger partial charge >= 0.3 is 0 Å². The lowest BCUT2D eigenvalue weighted by atomic mass is 10.2. The molecule has 86 valence electrons. The van der Waals surface area contributed by atoms with Gasteiger partial charge in [-0.3, -0.25) is 4.79 Å². The van der Waals surface area contributed by atoms with Gasteiger partial charge in [-0.05, 0) is 34.7 Å². The minimum Gasteiger partial charge on any atom is -0.393 e. The number of benzene rings is 1. The highest BCUT2D eigenvalue weighted by Gasteiger charge is 2.13.